The summed E-state index contributed by atoms with van der Waals surface area (Å²) in [6.45, 7) is 9.91. The minimum absolute atomic E-state index is 0. The summed E-state index contributed by atoms with van der Waals surface area (Å²) in [6, 6.07) is 0. The van der Waals surface area contributed by atoms with E-state index in [0.717, 1.165) is 13.0 Å². The quantitative estimate of drug-likeness (QED) is 0.414. The van der Waals surface area contributed by atoms with Crippen LogP contribution < -0.4 is 24.8 Å². The SMILES string of the molecule is CC1=C(C)C(CCC[O][Ti+2])C(C)=C1C.[Cl-].[Cl-]. The summed E-state index contributed by atoms with van der Waals surface area (Å²) in [5, 5.41) is 0. The monoisotopic (exact) mass is 297 g/mol. The standard InChI is InChI=1S/C12H19O.2ClH.Ti/c1-8-9(2)11(4)12(10(8)3)6-5-7-13;;;/h12H,5-7H2,1-4H3;2*1H;/q-1;;;+3/p-2. The van der Waals surface area contributed by atoms with Crippen LogP contribution in [0.2, 0.25) is 0 Å². The van der Waals surface area contributed by atoms with Crippen LogP contribution in [0.1, 0.15) is 40.5 Å². The third kappa shape index (κ3) is 4.20. The second kappa shape index (κ2) is 8.77. The summed E-state index contributed by atoms with van der Waals surface area (Å²) in [5.74, 6) is 0.685. The first-order valence-electron chi connectivity index (χ1n) is 5.23. The van der Waals surface area contributed by atoms with Crippen LogP contribution in [-0.4, -0.2) is 6.61 Å². The molecular weight excluding hydrogens is 279 g/mol. The van der Waals surface area contributed by atoms with Crippen molar-refractivity contribution in [2.45, 2.75) is 40.5 Å². The Hall–Kier alpha value is 0.734. The molecule has 1 nitrogen and oxygen atoms in total. The van der Waals surface area contributed by atoms with Gasteiger partial charge in [-0.3, -0.25) is 0 Å². The smallest absolute Gasteiger partial charge is 1.00 e. The van der Waals surface area contributed by atoms with E-state index < -0.39 is 0 Å². The zero-order valence-electron chi connectivity index (χ0n) is 10.4. The van der Waals surface area contributed by atoms with E-state index in [1.54, 1.807) is 32.0 Å². The van der Waals surface area contributed by atoms with E-state index in [0.29, 0.717) is 5.92 Å². The molecule has 0 atom stereocenters. The van der Waals surface area contributed by atoms with E-state index in [-0.39, 0.29) is 24.8 Å². The Morgan fingerprint density at radius 3 is 1.81 bits per heavy atom. The molecule has 1 aliphatic carbocycles. The van der Waals surface area contributed by atoms with Crippen LogP contribution in [0.5, 0.6) is 0 Å². The normalized spacial score (nSPS) is 16.4. The van der Waals surface area contributed by atoms with E-state index in [1.165, 1.54) is 17.6 Å². The third-order valence-electron chi connectivity index (χ3n) is 3.53. The summed E-state index contributed by atoms with van der Waals surface area (Å²) >= 11 is 1.77. The Kier molecular flexibility index (Phi) is 10.5. The molecule has 91 valence electrons. The Balaban J connectivity index is 0. The molecule has 0 aromatic carbocycles. The van der Waals surface area contributed by atoms with Gasteiger partial charge in [-0.15, -0.1) is 0 Å². The van der Waals surface area contributed by atoms with Gasteiger partial charge in [0.05, 0.1) is 0 Å². The van der Waals surface area contributed by atoms with Gasteiger partial charge in [-0.05, 0) is 0 Å². The molecule has 0 unspecified atom stereocenters. The molecule has 0 fully saturated rings. The van der Waals surface area contributed by atoms with E-state index in [1.807, 2.05) is 0 Å². The maximum absolute atomic E-state index is 5.09. The fraction of sp³-hybridized carbons (Fsp3) is 0.667. The molecule has 0 bridgehead atoms. The number of allylic oxidation sites excluding steroid dienone is 4. The summed E-state index contributed by atoms with van der Waals surface area (Å²) in [7, 11) is 0. The maximum Gasteiger partial charge on any atom is -1.00 e. The zero-order chi connectivity index (χ0) is 10.7. The van der Waals surface area contributed by atoms with E-state index in [2.05, 4.69) is 27.7 Å². The van der Waals surface area contributed by atoms with E-state index in [4.69, 9.17) is 3.32 Å². The van der Waals surface area contributed by atoms with Gasteiger partial charge >= 0.3 is 99.5 Å². The molecule has 0 aliphatic heterocycles. The number of halogens is 2. The molecule has 0 amide bonds. The van der Waals surface area contributed by atoms with Crippen LogP contribution in [0.25, 0.3) is 0 Å². The molecule has 4 heteroatoms. The largest absolute Gasteiger partial charge is 1.00 e. The summed E-state index contributed by atoms with van der Waals surface area (Å²) in [4.78, 5) is 0. The number of rotatable bonds is 4. The Morgan fingerprint density at radius 2 is 1.44 bits per heavy atom. The first kappa shape index (κ1) is 19.1. The van der Waals surface area contributed by atoms with Crippen LogP contribution in [0, 0.1) is 5.92 Å². The van der Waals surface area contributed by atoms with Crippen molar-refractivity contribution in [1.29, 1.82) is 0 Å². The Morgan fingerprint density at radius 1 is 1.00 bits per heavy atom. The molecular formula is C12H19Cl2OTi. The van der Waals surface area contributed by atoms with Crippen molar-refractivity contribution in [3.8, 4) is 0 Å². The molecule has 1 rings (SSSR count). The van der Waals surface area contributed by atoms with Crippen LogP contribution in [0.4, 0.5) is 0 Å². The van der Waals surface area contributed by atoms with Gasteiger partial charge in [-0.1, -0.05) is 0 Å². The van der Waals surface area contributed by atoms with Gasteiger partial charge in [0.15, 0.2) is 0 Å². The van der Waals surface area contributed by atoms with Gasteiger partial charge in [-0.25, -0.2) is 0 Å². The van der Waals surface area contributed by atoms with E-state index >= 15 is 0 Å². The van der Waals surface area contributed by atoms with Crippen molar-refractivity contribution in [2.75, 3.05) is 6.61 Å². The maximum atomic E-state index is 5.09. The van der Waals surface area contributed by atoms with Gasteiger partial charge in [0.2, 0.25) is 0 Å². The first-order valence-corrected chi connectivity index (χ1v) is 5.87. The van der Waals surface area contributed by atoms with Crippen LogP contribution in [-0.2, 0) is 24.1 Å². The minimum Gasteiger partial charge on any atom is -1.00 e. The second-order valence-electron chi connectivity index (χ2n) is 4.16. The Bertz CT molecular complexity index is 261. The fourth-order valence-corrected chi connectivity index (χ4v) is 2.46. The van der Waals surface area contributed by atoms with E-state index in [9.17, 15) is 0 Å². The zero-order valence-corrected chi connectivity index (χ0v) is 13.4. The molecule has 0 aromatic heterocycles. The van der Waals surface area contributed by atoms with Crippen molar-refractivity contribution in [3.05, 3.63) is 22.3 Å². The van der Waals surface area contributed by atoms with Gasteiger partial charge in [0, 0.05) is 0 Å². The number of hydrogen-bond acceptors (Lipinski definition) is 1. The first-order chi connectivity index (χ1) is 6.59. The topological polar surface area (TPSA) is 9.23 Å². The molecule has 0 saturated heterocycles. The van der Waals surface area contributed by atoms with Gasteiger partial charge in [0.1, 0.15) is 0 Å². The average molecular weight is 298 g/mol. The van der Waals surface area contributed by atoms with Crippen LogP contribution >= 0.6 is 0 Å². The van der Waals surface area contributed by atoms with Gasteiger partial charge in [0.25, 0.3) is 0 Å². The molecule has 16 heavy (non-hydrogen) atoms. The summed E-state index contributed by atoms with van der Waals surface area (Å²) in [6.07, 6.45) is 2.40. The second-order valence-corrected chi connectivity index (χ2v) is 4.61. The Labute approximate surface area is 124 Å². The molecule has 0 aromatic rings. The van der Waals surface area contributed by atoms with Crippen molar-refractivity contribution in [2.24, 2.45) is 5.92 Å². The van der Waals surface area contributed by atoms with Crippen LogP contribution in [0.3, 0.4) is 0 Å². The van der Waals surface area contributed by atoms with Gasteiger partial charge in [-0.2, -0.15) is 0 Å². The minimum atomic E-state index is 0. The van der Waals surface area contributed by atoms with Crippen molar-refractivity contribution in [3.63, 3.8) is 0 Å². The van der Waals surface area contributed by atoms with Crippen molar-refractivity contribution < 1.29 is 49.0 Å². The summed E-state index contributed by atoms with van der Waals surface area (Å²) in [5.41, 5.74) is 6.14. The molecule has 0 saturated carbocycles. The van der Waals surface area contributed by atoms with Crippen LogP contribution in [0.15, 0.2) is 22.3 Å². The van der Waals surface area contributed by atoms with Crippen molar-refractivity contribution >= 4 is 0 Å². The molecule has 0 heterocycles. The molecule has 0 N–H and O–H groups in total. The predicted octanol–water partition coefficient (Wildman–Crippen LogP) is -2.44. The fourth-order valence-electron chi connectivity index (χ4n) is 2.23. The van der Waals surface area contributed by atoms with Crippen molar-refractivity contribution in [1.82, 2.24) is 0 Å². The predicted molar refractivity (Wildman–Crippen MR) is 55.4 cm³/mol. The molecule has 1 aliphatic rings. The molecule has 0 radical (unpaired) electrons. The number of hydrogen-bond donors (Lipinski definition) is 0. The summed E-state index contributed by atoms with van der Waals surface area (Å²) < 4.78 is 5.09. The molecule has 0 spiro atoms. The van der Waals surface area contributed by atoms with Gasteiger partial charge < -0.3 is 24.8 Å². The third-order valence-corrected chi connectivity index (χ3v) is 3.85. The average Bonchev–Trinajstić information content (AvgIpc) is 2.35.